The van der Waals surface area contributed by atoms with Crippen LogP contribution in [0.1, 0.15) is 25.7 Å². The zero-order chi connectivity index (χ0) is 11.7. The van der Waals surface area contributed by atoms with Gasteiger partial charge in [0.1, 0.15) is 6.10 Å². The molecule has 2 fully saturated rings. The van der Waals surface area contributed by atoms with Crippen LogP contribution in [0.4, 0.5) is 0 Å². The van der Waals surface area contributed by atoms with Gasteiger partial charge in [-0.2, -0.15) is 0 Å². The van der Waals surface area contributed by atoms with Crippen LogP contribution in [0, 0.1) is 5.92 Å². The van der Waals surface area contributed by atoms with Gasteiger partial charge in [0, 0.05) is 5.25 Å². The van der Waals surface area contributed by atoms with Crippen LogP contribution in [-0.2, 0) is 0 Å². The molecule has 4 nitrogen and oxygen atoms in total. The van der Waals surface area contributed by atoms with Crippen molar-refractivity contribution < 1.29 is 20.4 Å². The molecule has 0 unspecified atom stereocenters. The third-order valence-corrected chi connectivity index (χ3v) is 5.55. The van der Waals surface area contributed by atoms with Crippen molar-refractivity contribution in [2.45, 2.75) is 54.5 Å². The smallest absolute Gasteiger partial charge is 0.108 e. The Balaban J connectivity index is 2.06. The number of hydrogen-bond donors (Lipinski definition) is 4. The van der Waals surface area contributed by atoms with Crippen molar-refractivity contribution in [2.24, 2.45) is 5.92 Å². The Bertz CT molecular complexity index is 230. The summed E-state index contributed by atoms with van der Waals surface area (Å²) in [6.45, 7) is -0.154. The van der Waals surface area contributed by atoms with Gasteiger partial charge in [-0.25, -0.2) is 0 Å². The third kappa shape index (κ3) is 2.24. The molecule has 1 saturated carbocycles. The van der Waals surface area contributed by atoms with Gasteiger partial charge in [0.25, 0.3) is 0 Å². The van der Waals surface area contributed by atoms with E-state index in [0.717, 1.165) is 12.8 Å². The van der Waals surface area contributed by atoms with Crippen molar-refractivity contribution in [1.29, 1.82) is 0 Å². The van der Waals surface area contributed by atoms with Crippen molar-refractivity contribution >= 4 is 11.8 Å². The Kier molecular flexibility index (Phi) is 4.13. The first kappa shape index (κ1) is 12.6. The lowest BCUT2D eigenvalue weighted by Gasteiger charge is -2.41. The minimum atomic E-state index is -1.12. The van der Waals surface area contributed by atoms with Gasteiger partial charge >= 0.3 is 0 Å². The number of rotatable bonds is 2. The molecule has 0 amide bonds. The fourth-order valence-corrected chi connectivity index (χ4v) is 4.43. The van der Waals surface area contributed by atoms with E-state index in [0.29, 0.717) is 5.92 Å². The van der Waals surface area contributed by atoms with Gasteiger partial charge in [0.05, 0.1) is 24.1 Å². The van der Waals surface area contributed by atoms with E-state index in [1.165, 1.54) is 24.6 Å². The Morgan fingerprint density at radius 1 is 0.938 bits per heavy atom. The van der Waals surface area contributed by atoms with Crippen LogP contribution in [0.2, 0.25) is 0 Å². The van der Waals surface area contributed by atoms with E-state index in [4.69, 9.17) is 5.11 Å². The molecule has 0 aromatic heterocycles. The standard InChI is InChI=1S/C11H20O4S/c12-5-7-8(13)9(14)10(15)11(16-7)6-3-1-2-4-6/h6-15H,1-5H2/t7-,8+,9+,10-,11+/m1/s1. The van der Waals surface area contributed by atoms with E-state index in [9.17, 15) is 15.3 Å². The van der Waals surface area contributed by atoms with Crippen LogP contribution in [0.15, 0.2) is 0 Å². The van der Waals surface area contributed by atoms with E-state index < -0.39 is 18.3 Å². The molecule has 16 heavy (non-hydrogen) atoms. The first-order chi connectivity index (χ1) is 7.65. The second-order valence-electron chi connectivity index (χ2n) is 4.84. The highest BCUT2D eigenvalue weighted by atomic mass is 32.2. The summed E-state index contributed by atoms with van der Waals surface area (Å²) in [4.78, 5) is 0. The largest absolute Gasteiger partial charge is 0.395 e. The van der Waals surface area contributed by atoms with Gasteiger partial charge in [0.2, 0.25) is 0 Å². The summed E-state index contributed by atoms with van der Waals surface area (Å²) in [6, 6.07) is 0. The predicted octanol–water partition coefficient (Wildman–Crippen LogP) is -0.264. The molecule has 0 radical (unpaired) electrons. The second-order valence-corrected chi connectivity index (χ2v) is 6.26. The average molecular weight is 248 g/mol. The molecular weight excluding hydrogens is 228 g/mol. The molecule has 5 atom stereocenters. The second kappa shape index (κ2) is 5.23. The van der Waals surface area contributed by atoms with Gasteiger partial charge in [-0.1, -0.05) is 12.8 Å². The van der Waals surface area contributed by atoms with Crippen LogP contribution in [0.25, 0.3) is 0 Å². The SMILES string of the molecule is OC[C@H]1S[C@@H](C2CCCC2)[C@H](O)[C@@H](O)[C@H]1O. The zero-order valence-electron chi connectivity index (χ0n) is 9.20. The Morgan fingerprint density at radius 3 is 2.12 bits per heavy atom. The molecule has 94 valence electrons. The lowest BCUT2D eigenvalue weighted by atomic mass is 9.92. The topological polar surface area (TPSA) is 80.9 Å². The maximum atomic E-state index is 9.97. The molecule has 0 aromatic rings. The summed E-state index contributed by atoms with van der Waals surface area (Å²) in [6.07, 6.45) is 1.50. The van der Waals surface area contributed by atoms with E-state index in [1.807, 2.05) is 0 Å². The summed E-state index contributed by atoms with van der Waals surface area (Å²) in [5, 5.41) is 38.1. The van der Waals surface area contributed by atoms with Crippen LogP contribution < -0.4 is 0 Å². The molecule has 4 N–H and O–H groups in total. The fourth-order valence-electron chi connectivity index (χ4n) is 2.81. The normalized spacial score (nSPS) is 46.1. The summed E-state index contributed by atoms with van der Waals surface area (Å²) >= 11 is 1.44. The van der Waals surface area contributed by atoms with Crippen LogP contribution >= 0.6 is 11.8 Å². The highest BCUT2D eigenvalue weighted by Crippen LogP contribution is 2.42. The predicted molar refractivity (Wildman–Crippen MR) is 62.2 cm³/mol. The van der Waals surface area contributed by atoms with Gasteiger partial charge in [-0.05, 0) is 18.8 Å². The minimum Gasteiger partial charge on any atom is -0.395 e. The third-order valence-electron chi connectivity index (χ3n) is 3.79. The molecule has 0 spiro atoms. The van der Waals surface area contributed by atoms with E-state index >= 15 is 0 Å². The van der Waals surface area contributed by atoms with Crippen molar-refractivity contribution in [2.75, 3.05) is 6.61 Å². The first-order valence-corrected chi connectivity index (χ1v) is 6.90. The summed E-state index contributed by atoms with van der Waals surface area (Å²) in [5.41, 5.74) is 0. The zero-order valence-corrected chi connectivity index (χ0v) is 10.0. The number of hydrogen-bond acceptors (Lipinski definition) is 5. The summed E-state index contributed by atoms with van der Waals surface area (Å²) < 4.78 is 0. The van der Waals surface area contributed by atoms with Crippen molar-refractivity contribution in [1.82, 2.24) is 0 Å². The molecule has 5 heteroatoms. The van der Waals surface area contributed by atoms with E-state index in [2.05, 4.69) is 0 Å². The van der Waals surface area contributed by atoms with Crippen LogP contribution in [0.5, 0.6) is 0 Å². The quantitative estimate of drug-likeness (QED) is 0.541. The molecule has 1 aliphatic heterocycles. The molecular formula is C11H20O4S. The maximum absolute atomic E-state index is 9.97. The van der Waals surface area contributed by atoms with E-state index in [1.54, 1.807) is 0 Å². The first-order valence-electron chi connectivity index (χ1n) is 5.95. The molecule has 1 heterocycles. The van der Waals surface area contributed by atoms with Crippen LogP contribution in [0.3, 0.4) is 0 Å². The van der Waals surface area contributed by atoms with Crippen LogP contribution in [-0.4, -0.2) is 55.8 Å². The fraction of sp³-hybridized carbons (Fsp3) is 1.00. The van der Waals surface area contributed by atoms with Crippen molar-refractivity contribution in [3.05, 3.63) is 0 Å². The van der Waals surface area contributed by atoms with Gasteiger partial charge in [-0.3, -0.25) is 0 Å². The highest BCUT2D eigenvalue weighted by molar-refractivity contribution is 8.00. The molecule has 1 aliphatic carbocycles. The Labute approximate surface area is 99.7 Å². The number of thioether (sulfide) groups is 1. The lowest BCUT2D eigenvalue weighted by molar-refractivity contribution is -0.0743. The Morgan fingerprint density at radius 2 is 1.56 bits per heavy atom. The lowest BCUT2D eigenvalue weighted by Crippen LogP contribution is -2.55. The highest BCUT2D eigenvalue weighted by Gasteiger charge is 2.45. The Hall–Kier alpha value is 0.190. The number of aliphatic hydroxyl groups excluding tert-OH is 4. The van der Waals surface area contributed by atoms with Crippen molar-refractivity contribution in [3.63, 3.8) is 0 Å². The maximum Gasteiger partial charge on any atom is 0.108 e. The monoisotopic (exact) mass is 248 g/mol. The molecule has 1 saturated heterocycles. The van der Waals surface area contributed by atoms with E-state index in [-0.39, 0.29) is 17.1 Å². The number of aliphatic hydroxyl groups is 4. The molecule has 2 aliphatic rings. The minimum absolute atomic E-state index is 0.0435. The summed E-state index contributed by atoms with van der Waals surface area (Å²) in [5.74, 6) is 0.413. The van der Waals surface area contributed by atoms with Gasteiger partial charge < -0.3 is 20.4 Å². The van der Waals surface area contributed by atoms with Gasteiger partial charge in [-0.15, -0.1) is 11.8 Å². The van der Waals surface area contributed by atoms with Crippen molar-refractivity contribution in [3.8, 4) is 0 Å². The van der Waals surface area contributed by atoms with Gasteiger partial charge in [0.15, 0.2) is 0 Å². The summed E-state index contributed by atoms with van der Waals surface area (Å²) in [7, 11) is 0. The average Bonchev–Trinajstić information content (AvgIpc) is 2.80. The molecule has 0 aromatic carbocycles. The molecule has 2 rings (SSSR count). The molecule has 0 bridgehead atoms.